The van der Waals surface area contributed by atoms with Crippen LogP contribution in [0.4, 0.5) is 0 Å². The van der Waals surface area contributed by atoms with E-state index in [9.17, 15) is 19.5 Å². The molecule has 0 amide bonds. The highest BCUT2D eigenvalue weighted by Gasteiger charge is 2.31. The van der Waals surface area contributed by atoms with Crippen molar-refractivity contribution in [3.8, 4) is 0 Å². The van der Waals surface area contributed by atoms with Crippen LogP contribution < -0.4 is 0 Å². The van der Waals surface area contributed by atoms with Crippen LogP contribution in [0.25, 0.3) is 0 Å². The van der Waals surface area contributed by atoms with Gasteiger partial charge >= 0.3 is 17.9 Å². The van der Waals surface area contributed by atoms with Gasteiger partial charge in [-0.05, 0) is 57.8 Å². The first-order chi connectivity index (χ1) is 28.6. The lowest BCUT2D eigenvalue weighted by molar-refractivity contribution is -0.887. The molecular weight excluding hydrogens is 739 g/mol. The largest absolute Gasteiger partial charge is 0.477 e. The van der Waals surface area contributed by atoms with E-state index in [0.717, 1.165) is 77.0 Å². The Kier molecular flexibility index (Phi) is 38.4. The highest BCUT2D eigenvalue weighted by atomic mass is 16.6. The van der Waals surface area contributed by atoms with Gasteiger partial charge in [-0.1, -0.05) is 175 Å². The summed E-state index contributed by atoms with van der Waals surface area (Å²) in [5, 5.41) is 9.63. The van der Waals surface area contributed by atoms with Crippen LogP contribution in [0.3, 0.4) is 0 Å². The number of rotatable bonds is 39. The number of allylic oxidation sites excluding steroid dienone is 16. The number of unbranched alkanes of at least 4 members (excludes halogenated alkanes) is 15. The van der Waals surface area contributed by atoms with Gasteiger partial charge in [-0.25, -0.2) is 4.79 Å². The third-order valence-corrected chi connectivity index (χ3v) is 9.66. The summed E-state index contributed by atoms with van der Waals surface area (Å²) >= 11 is 0. The van der Waals surface area contributed by atoms with E-state index in [1.54, 1.807) is 0 Å². The van der Waals surface area contributed by atoms with Crippen LogP contribution in [0, 0.1) is 0 Å². The molecule has 0 saturated heterocycles. The molecule has 0 bridgehead atoms. The van der Waals surface area contributed by atoms with Crippen LogP contribution in [0.5, 0.6) is 0 Å². The van der Waals surface area contributed by atoms with Crippen LogP contribution in [-0.2, 0) is 28.6 Å². The summed E-state index contributed by atoms with van der Waals surface area (Å²) in [5.74, 6) is -1.56. The molecule has 2 atom stereocenters. The van der Waals surface area contributed by atoms with E-state index >= 15 is 0 Å². The van der Waals surface area contributed by atoms with E-state index in [1.807, 2.05) is 81.9 Å². The molecule has 0 fully saturated rings. The maximum absolute atomic E-state index is 12.7. The molecule has 8 nitrogen and oxygen atoms in total. The number of hydrogen-bond acceptors (Lipinski definition) is 6. The topological polar surface area (TPSA) is 99.1 Å². The average Bonchev–Trinajstić information content (AvgIpc) is 3.19. The molecule has 0 rings (SSSR count). The van der Waals surface area contributed by atoms with Gasteiger partial charge in [-0.2, -0.15) is 0 Å². The Morgan fingerprint density at radius 3 is 1.44 bits per heavy atom. The summed E-state index contributed by atoms with van der Waals surface area (Å²) in [5.41, 5.74) is 0. The minimum Gasteiger partial charge on any atom is -0.477 e. The van der Waals surface area contributed by atoms with Gasteiger partial charge in [-0.15, -0.1) is 0 Å². The number of carboxylic acids is 1. The molecule has 8 heteroatoms. The molecule has 0 spiro atoms. The zero-order chi connectivity index (χ0) is 43.5. The number of quaternary nitrogens is 1. The third kappa shape index (κ3) is 39.5. The van der Waals surface area contributed by atoms with Crippen molar-refractivity contribution in [2.45, 2.75) is 167 Å². The highest BCUT2D eigenvalue weighted by Crippen LogP contribution is 2.13. The Hall–Kier alpha value is -3.75. The number of likely N-dealkylation sites (N-methyl/N-ethyl adjacent to an activating group) is 1. The molecule has 0 radical (unpaired) electrons. The predicted octanol–water partition coefficient (Wildman–Crippen LogP) is 12.7. The number of hydrogen-bond donors (Lipinski definition) is 1. The Morgan fingerprint density at radius 2 is 0.949 bits per heavy atom. The molecular formula is C51H84NO7+. The summed E-state index contributed by atoms with van der Waals surface area (Å²) in [6.45, 7) is 4.50. The Labute approximate surface area is 360 Å². The van der Waals surface area contributed by atoms with Crippen molar-refractivity contribution in [3.63, 3.8) is 0 Å². The van der Waals surface area contributed by atoms with Crippen molar-refractivity contribution >= 4 is 17.9 Å². The Bertz CT molecular complexity index is 1280. The number of carbonyl (C=O) groups is 3. The minimum atomic E-state index is -0.889. The van der Waals surface area contributed by atoms with Crippen molar-refractivity contribution in [1.29, 1.82) is 0 Å². The van der Waals surface area contributed by atoms with Crippen molar-refractivity contribution in [2.24, 2.45) is 0 Å². The molecule has 59 heavy (non-hydrogen) atoms. The van der Waals surface area contributed by atoms with Crippen molar-refractivity contribution in [3.05, 3.63) is 97.2 Å². The van der Waals surface area contributed by atoms with Gasteiger partial charge in [0.25, 0.3) is 0 Å². The molecule has 0 aliphatic carbocycles. The zero-order valence-electron chi connectivity index (χ0n) is 37.9. The molecule has 0 aliphatic heterocycles. The lowest BCUT2D eigenvalue weighted by Gasteiger charge is -2.31. The number of esters is 2. The van der Waals surface area contributed by atoms with Gasteiger partial charge in [0.05, 0.1) is 34.4 Å². The predicted molar refractivity (Wildman–Crippen MR) is 247 cm³/mol. The molecule has 0 aromatic heterocycles. The molecule has 1 N–H and O–H groups in total. The van der Waals surface area contributed by atoms with Gasteiger partial charge in [0.15, 0.2) is 12.1 Å². The van der Waals surface area contributed by atoms with E-state index < -0.39 is 18.1 Å². The van der Waals surface area contributed by atoms with E-state index in [4.69, 9.17) is 14.2 Å². The maximum Gasteiger partial charge on any atom is 0.362 e. The van der Waals surface area contributed by atoms with Crippen LogP contribution in [0.2, 0.25) is 0 Å². The van der Waals surface area contributed by atoms with Gasteiger partial charge in [0.1, 0.15) is 6.61 Å². The van der Waals surface area contributed by atoms with Crippen LogP contribution in [0.1, 0.15) is 155 Å². The fourth-order valence-electron chi connectivity index (χ4n) is 6.11. The van der Waals surface area contributed by atoms with Gasteiger partial charge in [0.2, 0.25) is 0 Å². The van der Waals surface area contributed by atoms with Crippen molar-refractivity contribution in [1.82, 2.24) is 0 Å². The maximum atomic E-state index is 12.7. The van der Waals surface area contributed by atoms with Gasteiger partial charge in [0, 0.05) is 19.3 Å². The third-order valence-electron chi connectivity index (χ3n) is 9.66. The van der Waals surface area contributed by atoms with Crippen LogP contribution in [-0.4, -0.2) is 80.6 Å². The molecule has 0 aliphatic rings. The van der Waals surface area contributed by atoms with Crippen molar-refractivity contribution < 1.29 is 38.2 Å². The molecule has 2 unspecified atom stereocenters. The monoisotopic (exact) mass is 823 g/mol. The Morgan fingerprint density at radius 1 is 0.525 bits per heavy atom. The normalized spacial score (nSPS) is 13.8. The summed E-state index contributed by atoms with van der Waals surface area (Å²) in [7, 11) is 5.50. The van der Waals surface area contributed by atoms with Crippen LogP contribution >= 0.6 is 0 Å². The van der Waals surface area contributed by atoms with E-state index in [0.29, 0.717) is 19.3 Å². The standard InChI is InChI=1S/C51H83NO7/c1-6-8-10-12-14-16-18-20-22-24-26-28-30-32-34-36-38-40-42-50(54)59-47(45-57-44-43-48(51(55)56)52(3,4)5)46-58-49(53)41-39-37-35-33-31-29-27-25-23-21-19-17-15-13-11-9-7-2/h9,11,13,15,17,19,21-29,31,47-48H,6-8,10,12,14,16,18,20,30,32-46H2,1-5H3/p+1/b11-9+,15-13+,19-17+,23-21+,24-22+,27-25+,28-26+,31-29+. The first-order valence-electron chi connectivity index (χ1n) is 22.9. The molecule has 0 aromatic carbocycles. The molecule has 0 heterocycles. The second-order valence-electron chi connectivity index (χ2n) is 16.1. The lowest BCUT2D eigenvalue weighted by Crippen LogP contribution is -2.50. The Balaban J connectivity index is 4.47. The van der Waals surface area contributed by atoms with Gasteiger partial charge < -0.3 is 23.8 Å². The summed E-state index contributed by atoms with van der Waals surface area (Å²) in [6, 6.07) is -0.631. The first-order valence-corrected chi connectivity index (χ1v) is 22.9. The second kappa shape index (κ2) is 41.0. The average molecular weight is 823 g/mol. The first kappa shape index (κ1) is 55.2. The number of ether oxygens (including phenoxy) is 3. The molecule has 0 saturated carbocycles. The lowest BCUT2D eigenvalue weighted by atomic mass is 10.1. The minimum absolute atomic E-state index is 0.0336. The van der Waals surface area contributed by atoms with Gasteiger partial charge in [-0.3, -0.25) is 9.59 Å². The number of carbonyl (C=O) groups excluding carboxylic acids is 2. The van der Waals surface area contributed by atoms with Crippen LogP contribution in [0.15, 0.2) is 97.2 Å². The van der Waals surface area contributed by atoms with E-state index in [1.165, 1.54) is 44.9 Å². The summed E-state index contributed by atoms with van der Waals surface area (Å²) < 4.78 is 17.2. The van der Waals surface area contributed by atoms with E-state index in [-0.39, 0.29) is 36.2 Å². The van der Waals surface area contributed by atoms with E-state index in [2.05, 4.69) is 50.3 Å². The smallest absolute Gasteiger partial charge is 0.362 e. The SMILES string of the molecule is CC/C=C/C=C/C=C/C=C/C=C/C=C/CCCCCC(=O)OCC(COCCC(C(=O)O)[N+](C)(C)C)OC(=O)CCCCCCC/C=C/C=C/CCCCCCCCC. The second-order valence-corrected chi connectivity index (χ2v) is 16.1. The summed E-state index contributed by atoms with van der Waals surface area (Å²) in [4.78, 5) is 37.0. The fourth-order valence-corrected chi connectivity index (χ4v) is 6.11. The number of aliphatic carboxylic acids is 1. The highest BCUT2D eigenvalue weighted by molar-refractivity contribution is 5.72. The quantitative estimate of drug-likeness (QED) is 0.0285. The molecule has 0 aromatic rings. The van der Waals surface area contributed by atoms with Crippen molar-refractivity contribution in [2.75, 3.05) is 41.0 Å². The summed E-state index contributed by atoms with van der Waals surface area (Å²) in [6.07, 6.45) is 54.5. The zero-order valence-corrected chi connectivity index (χ0v) is 37.9. The fraction of sp³-hybridized carbons (Fsp3) is 0.627. The number of nitrogens with zero attached hydrogens (tertiary/aromatic N) is 1. The molecule has 334 valence electrons. The number of carboxylic acid groups (broad SMARTS) is 1.